The van der Waals surface area contributed by atoms with Crippen LogP contribution in [0.4, 0.5) is 0 Å². The predicted molar refractivity (Wildman–Crippen MR) is 52.4 cm³/mol. The van der Waals surface area contributed by atoms with E-state index >= 15 is 0 Å². The van der Waals surface area contributed by atoms with E-state index in [0.717, 1.165) is 5.56 Å². The number of aliphatic hydroxyl groups excluding tert-OH is 1. The molecule has 0 aromatic heterocycles. The minimum atomic E-state index is -0.0541. The first-order valence-electron chi connectivity index (χ1n) is 3.46. The van der Waals surface area contributed by atoms with Gasteiger partial charge in [-0.15, -0.1) is 0 Å². The largest absolute Gasteiger partial charge is 0.392 e. The molecule has 0 atom stereocenters. The van der Waals surface area contributed by atoms with Crippen LogP contribution in [-0.4, -0.2) is 11.7 Å². The highest BCUT2D eigenvalue weighted by Gasteiger charge is 1.95. The van der Waals surface area contributed by atoms with Crippen molar-refractivity contribution in [1.29, 1.82) is 0 Å². The van der Waals surface area contributed by atoms with Crippen molar-refractivity contribution in [2.24, 2.45) is 0 Å². The van der Waals surface area contributed by atoms with Crippen molar-refractivity contribution in [3.8, 4) is 0 Å². The minimum absolute atomic E-state index is 0.0541. The van der Waals surface area contributed by atoms with E-state index in [4.69, 9.17) is 28.3 Å². The summed E-state index contributed by atoms with van der Waals surface area (Å²) < 4.78 is 0. The van der Waals surface area contributed by atoms with Crippen LogP contribution >= 0.6 is 23.2 Å². The molecule has 0 heterocycles. The Balaban J connectivity index is 2.89. The van der Waals surface area contributed by atoms with Crippen molar-refractivity contribution in [3.05, 3.63) is 40.9 Å². The average Bonchev–Trinajstić information content (AvgIpc) is 2.06. The molecule has 1 rings (SSSR count). The summed E-state index contributed by atoms with van der Waals surface area (Å²) in [6, 6.07) is 7.11. The highest BCUT2D eigenvalue weighted by Crippen LogP contribution is 2.20. The number of halogens is 2. The monoisotopic (exact) mass is 202 g/mol. The molecule has 64 valence electrons. The quantitative estimate of drug-likeness (QED) is 0.783. The number of hydrogen-bond donors (Lipinski definition) is 1. The lowest BCUT2D eigenvalue weighted by Gasteiger charge is -1.97. The van der Waals surface area contributed by atoms with Crippen LogP contribution in [0, 0.1) is 0 Å². The molecule has 1 aromatic rings. The Hall–Kier alpha value is -0.500. The summed E-state index contributed by atoms with van der Waals surface area (Å²) >= 11 is 11.5. The van der Waals surface area contributed by atoms with E-state index in [2.05, 4.69) is 0 Å². The fourth-order valence-corrected chi connectivity index (χ4v) is 1.13. The summed E-state index contributed by atoms with van der Waals surface area (Å²) in [4.78, 5) is 0. The van der Waals surface area contributed by atoms with Gasteiger partial charge in [0.15, 0.2) is 0 Å². The van der Waals surface area contributed by atoms with Gasteiger partial charge in [-0.25, -0.2) is 0 Å². The van der Waals surface area contributed by atoms with Crippen molar-refractivity contribution in [3.63, 3.8) is 0 Å². The van der Waals surface area contributed by atoms with Crippen LogP contribution in [0.2, 0.25) is 5.02 Å². The summed E-state index contributed by atoms with van der Waals surface area (Å²) in [5.74, 6) is 0. The van der Waals surface area contributed by atoms with Crippen molar-refractivity contribution in [2.75, 3.05) is 6.61 Å². The lowest BCUT2D eigenvalue weighted by molar-refractivity contribution is 0.343. The van der Waals surface area contributed by atoms with Crippen LogP contribution in [-0.2, 0) is 0 Å². The maximum Gasteiger partial charge on any atom is 0.0629 e. The van der Waals surface area contributed by atoms with Crippen molar-refractivity contribution >= 4 is 28.2 Å². The molecule has 3 heteroatoms. The van der Waals surface area contributed by atoms with Crippen LogP contribution in [0.1, 0.15) is 5.56 Å². The second-order valence-electron chi connectivity index (χ2n) is 2.24. The van der Waals surface area contributed by atoms with E-state index in [0.29, 0.717) is 10.1 Å². The third kappa shape index (κ3) is 2.52. The van der Waals surface area contributed by atoms with Gasteiger partial charge >= 0.3 is 0 Å². The van der Waals surface area contributed by atoms with E-state index < -0.39 is 0 Å². The molecule has 12 heavy (non-hydrogen) atoms. The highest BCUT2D eigenvalue weighted by molar-refractivity contribution is 6.48. The Labute approximate surface area is 81.2 Å². The number of aliphatic hydroxyl groups is 1. The zero-order valence-corrected chi connectivity index (χ0v) is 7.81. The molecule has 0 amide bonds. The summed E-state index contributed by atoms with van der Waals surface area (Å²) in [6.07, 6.45) is 1.53. The van der Waals surface area contributed by atoms with Gasteiger partial charge < -0.3 is 5.11 Å². The molecule has 1 nitrogen and oxygen atoms in total. The predicted octanol–water partition coefficient (Wildman–Crippen LogP) is 2.91. The molecular formula is C9H8Cl2O. The Morgan fingerprint density at radius 3 is 2.42 bits per heavy atom. The number of hydrogen-bond acceptors (Lipinski definition) is 1. The van der Waals surface area contributed by atoms with E-state index in [1.807, 2.05) is 0 Å². The standard InChI is InChI=1S/C9H8Cl2O/c10-8-3-1-7(2-4-8)9(11)5-6-12/h1-5,12H,6H2/b9-5-. The molecule has 0 radical (unpaired) electrons. The molecule has 0 aliphatic heterocycles. The van der Waals surface area contributed by atoms with E-state index in [-0.39, 0.29) is 6.61 Å². The molecule has 1 N–H and O–H groups in total. The van der Waals surface area contributed by atoms with Gasteiger partial charge in [0.1, 0.15) is 0 Å². The van der Waals surface area contributed by atoms with E-state index in [1.165, 1.54) is 6.08 Å². The molecule has 0 saturated carbocycles. The molecule has 0 spiro atoms. The molecule has 0 bridgehead atoms. The van der Waals surface area contributed by atoms with Gasteiger partial charge in [-0.2, -0.15) is 0 Å². The van der Waals surface area contributed by atoms with Gasteiger partial charge in [0, 0.05) is 10.1 Å². The zero-order chi connectivity index (χ0) is 8.97. The second kappa shape index (κ2) is 4.51. The van der Waals surface area contributed by atoms with Gasteiger partial charge in [-0.05, 0) is 23.8 Å². The molecule has 1 aromatic carbocycles. The number of rotatable bonds is 2. The molecule has 0 fully saturated rings. The smallest absolute Gasteiger partial charge is 0.0629 e. The van der Waals surface area contributed by atoms with Crippen LogP contribution < -0.4 is 0 Å². The Kier molecular flexibility index (Phi) is 3.60. The van der Waals surface area contributed by atoms with Crippen LogP contribution in [0.3, 0.4) is 0 Å². The average molecular weight is 203 g/mol. The summed E-state index contributed by atoms with van der Waals surface area (Å²) in [6.45, 7) is -0.0541. The van der Waals surface area contributed by atoms with Gasteiger partial charge in [-0.1, -0.05) is 35.3 Å². The molecular weight excluding hydrogens is 195 g/mol. The number of benzene rings is 1. The molecule has 0 aliphatic carbocycles. The van der Waals surface area contributed by atoms with Gasteiger partial charge in [-0.3, -0.25) is 0 Å². The highest BCUT2D eigenvalue weighted by atomic mass is 35.5. The van der Waals surface area contributed by atoms with Crippen LogP contribution in [0.5, 0.6) is 0 Å². The SMILES string of the molecule is OC/C=C(\Cl)c1ccc(Cl)cc1. The van der Waals surface area contributed by atoms with Crippen LogP contribution in [0.25, 0.3) is 5.03 Å². The first-order chi connectivity index (χ1) is 5.74. The van der Waals surface area contributed by atoms with E-state index in [9.17, 15) is 0 Å². The minimum Gasteiger partial charge on any atom is -0.392 e. The van der Waals surface area contributed by atoms with Gasteiger partial charge in [0.2, 0.25) is 0 Å². The van der Waals surface area contributed by atoms with Crippen molar-refractivity contribution in [1.82, 2.24) is 0 Å². The Bertz CT molecular complexity index is 277. The van der Waals surface area contributed by atoms with E-state index in [1.54, 1.807) is 24.3 Å². The Morgan fingerprint density at radius 1 is 1.33 bits per heavy atom. The van der Waals surface area contributed by atoms with Gasteiger partial charge in [0.25, 0.3) is 0 Å². The zero-order valence-electron chi connectivity index (χ0n) is 6.30. The lowest BCUT2D eigenvalue weighted by atomic mass is 10.2. The fraction of sp³-hybridized carbons (Fsp3) is 0.111. The Morgan fingerprint density at radius 2 is 1.92 bits per heavy atom. The first kappa shape index (κ1) is 9.59. The van der Waals surface area contributed by atoms with Crippen molar-refractivity contribution < 1.29 is 5.11 Å². The topological polar surface area (TPSA) is 20.2 Å². The third-order valence-electron chi connectivity index (χ3n) is 1.39. The third-order valence-corrected chi connectivity index (χ3v) is 2.01. The second-order valence-corrected chi connectivity index (χ2v) is 3.09. The first-order valence-corrected chi connectivity index (χ1v) is 4.22. The maximum absolute atomic E-state index is 8.57. The normalized spacial score (nSPS) is 11.8. The maximum atomic E-state index is 8.57. The molecule has 0 aliphatic rings. The molecule has 0 unspecified atom stereocenters. The fourth-order valence-electron chi connectivity index (χ4n) is 0.807. The summed E-state index contributed by atoms with van der Waals surface area (Å²) in [5, 5.41) is 9.78. The van der Waals surface area contributed by atoms with Crippen LogP contribution in [0.15, 0.2) is 30.3 Å². The van der Waals surface area contributed by atoms with Crippen molar-refractivity contribution in [2.45, 2.75) is 0 Å². The lowest BCUT2D eigenvalue weighted by Crippen LogP contribution is -1.79. The molecule has 0 saturated heterocycles. The van der Waals surface area contributed by atoms with Gasteiger partial charge in [0.05, 0.1) is 6.61 Å². The summed E-state index contributed by atoms with van der Waals surface area (Å²) in [7, 11) is 0. The summed E-state index contributed by atoms with van der Waals surface area (Å²) in [5.41, 5.74) is 0.857.